The lowest BCUT2D eigenvalue weighted by Gasteiger charge is -2.30. The highest BCUT2D eigenvalue weighted by Crippen LogP contribution is 2.30. The minimum Gasteiger partial charge on any atom is -0.339 e. The highest BCUT2D eigenvalue weighted by atomic mass is 16.5. The molecule has 0 aromatic carbocycles. The molecule has 2 aromatic rings. The Bertz CT molecular complexity index is 799. The topological polar surface area (TPSA) is 77.0 Å². The summed E-state index contributed by atoms with van der Waals surface area (Å²) in [5.41, 5.74) is 3.08. The number of aryl methyl sites for hydroxylation is 2. The molecular formula is C19H27N5O2. The van der Waals surface area contributed by atoms with Crippen molar-refractivity contribution in [3.8, 4) is 0 Å². The summed E-state index contributed by atoms with van der Waals surface area (Å²) in [5.74, 6) is 2.12. The number of rotatable bonds is 3. The first kappa shape index (κ1) is 17.2. The maximum absolute atomic E-state index is 13.1. The van der Waals surface area contributed by atoms with Crippen LogP contribution in [0.25, 0.3) is 0 Å². The lowest BCUT2D eigenvalue weighted by atomic mass is 9.94. The van der Waals surface area contributed by atoms with Gasteiger partial charge in [-0.05, 0) is 38.5 Å². The molecule has 7 nitrogen and oxygen atoms in total. The second-order valence-corrected chi connectivity index (χ2v) is 7.82. The molecule has 0 bridgehead atoms. The standard InChI is InChI=1S/C19H27N5O2/c1-12(2)17-20-18(26-22-17)13-8-10-24(11-9-13)19(25)16-14-6-4-5-7-15(14)21-23(16)3/h12-13H,4-11H2,1-3H3. The van der Waals surface area contributed by atoms with E-state index in [-0.39, 0.29) is 17.7 Å². The van der Waals surface area contributed by atoms with Gasteiger partial charge >= 0.3 is 0 Å². The van der Waals surface area contributed by atoms with Crippen molar-refractivity contribution in [2.45, 2.75) is 64.2 Å². The normalized spacial score (nSPS) is 18.4. The summed E-state index contributed by atoms with van der Waals surface area (Å²) in [4.78, 5) is 19.6. The number of hydrogen-bond acceptors (Lipinski definition) is 5. The van der Waals surface area contributed by atoms with Gasteiger partial charge in [0.1, 0.15) is 5.69 Å². The maximum Gasteiger partial charge on any atom is 0.272 e. The number of likely N-dealkylation sites (tertiary alicyclic amines) is 1. The monoisotopic (exact) mass is 357 g/mol. The average Bonchev–Trinajstić information content (AvgIpc) is 3.25. The molecule has 3 heterocycles. The highest BCUT2D eigenvalue weighted by molar-refractivity contribution is 5.94. The third kappa shape index (κ3) is 3.04. The van der Waals surface area contributed by atoms with Crippen LogP contribution >= 0.6 is 0 Å². The second-order valence-electron chi connectivity index (χ2n) is 7.82. The number of hydrogen-bond donors (Lipinski definition) is 0. The van der Waals surface area contributed by atoms with Crippen molar-refractivity contribution in [2.24, 2.45) is 7.05 Å². The minimum atomic E-state index is 0.120. The molecule has 1 aliphatic heterocycles. The molecule has 4 rings (SSSR count). The third-order valence-corrected chi connectivity index (χ3v) is 5.63. The summed E-state index contributed by atoms with van der Waals surface area (Å²) in [5, 5.41) is 8.65. The van der Waals surface area contributed by atoms with Crippen LogP contribution in [0.3, 0.4) is 0 Å². The summed E-state index contributed by atoms with van der Waals surface area (Å²) in [6, 6.07) is 0. The van der Waals surface area contributed by atoms with Crippen LogP contribution in [0.1, 0.15) is 84.8 Å². The van der Waals surface area contributed by atoms with E-state index in [1.807, 2.05) is 11.9 Å². The highest BCUT2D eigenvalue weighted by Gasteiger charge is 2.32. The van der Waals surface area contributed by atoms with Crippen LogP contribution < -0.4 is 0 Å². The molecule has 1 amide bonds. The first-order valence-corrected chi connectivity index (χ1v) is 9.72. The SMILES string of the molecule is CC(C)c1noc(C2CCN(C(=O)c3c4c(nn3C)CCCC4)CC2)n1. The van der Waals surface area contributed by atoms with Crippen LogP contribution in [-0.4, -0.2) is 43.8 Å². The average molecular weight is 357 g/mol. The van der Waals surface area contributed by atoms with E-state index >= 15 is 0 Å². The molecule has 1 aliphatic carbocycles. The van der Waals surface area contributed by atoms with E-state index in [0.29, 0.717) is 0 Å². The van der Waals surface area contributed by atoms with Gasteiger partial charge in [0, 0.05) is 37.5 Å². The number of fused-ring (bicyclic) bond motifs is 1. The molecule has 0 saturated carbocycles. The van der Waals surface area contributed by atoms with Crippen molar-refractivity contribution in [3.05, 3.63) is 28.7 Å². The number of carbonyl (C=O) groups excluding carboxylic acids is 1. The second kappa shape index (κ2) is 6.85. The van der Waals surface area contributed by atoms with Crippen LogP contribution in [0.4, 0.5) is 0 Å². The van der Waals surface area contributed by atoms with Crippen molar-refractivity contribution in [1.82, 2.24) is 24.8 Å². The van der Waals surface area contributed by atoms with Crippen molar-refractivity contribution in [2.75, 3.05) is 13.1 Å². The predicted octanol–water partition coefficient (Wildman–Crippen LogP) is 2.83. The minimum absolute atomic E-state index is 0.120. The largest absolute Gasteiger partial charge is 0.339 e. The number of nitrogens with zero attached hydrogens (tertiary/aromatic N) is 5. The van der Waals surface area contributed by atoms with Crippen molar-refractivity contribution < 1.29 is 9.32 Å². The Morgan fingerprint density at radius 3 is 2.62 bits per heavy atom. The molecule has 1 fully saturated rings. The zero-order valence-electron chi connectivity index (χ0n) is 15.9. The Balaban J connectivity index is 1.45. The fourth-order valence-corrected chi connectivity index (χ4v) is 4.08. The quantitative estimate of drug-likeness (QED) is 0.844. The van der Waals surface area contributed by atoms with Crippen molar-refractivity contribution >= 4 is 5.91 Å². The first-order chi connectivity index (χ1) is 12.5. The summed E-state index contributed by atoms with van der Waals surface area (Å²) in [6.45, 7) is 5.57. The number of aromatic nitrogens is 4. The van der Waals surface area contributed by atoms with E-state index in [0.717, 1.165) is 68.3 Å². The van der Waals surface area contributed by atoms with Gasteiger partial charge < -0.3 is 9.42 Å². The van der Waals surface area contributed by atoms with Gasteiger partial charge in [-0.25, -0.2) is 0 Å². The molecule has 0 radical (unpaired) electrons. The van der Waals surface area contributed by atoms with Gasteiger partial charge in [0.25, 0.3) is 5.91 Å². The summed E-state index contributed by atoms with van der Waals surface area (Å²) in [6.07, 6.45) is 6.02. The summed E-state index contributed by atoms with van der Waals surface area (Å²) < 4.78 is 7.24. The fourth-order valence-electron chi connectivity index (χ4n) is 4.08. The molecule has 26 heavy (non-hydrogen) atoms. The molecule has 0 atom stereocenters. The summed E-state index contributed by atoms with van der Waals surface area (Å²) >= 11 is 0. The van der Waals surface area contributed by atoms with E-state index in [1.165, 1.54) is 12.0 Å². The third-order valence-electron chi connectivity index (χ3n) is 5.63. The van der Waals surface area contributed by atoms with Crippen LogP contribution in [0, 0.1) is 0 Å². The van der Waals surface area contributed by atoms with Gasteiger partial charge in [-0.3, -0.25) is 9.48 Å². The van der Waals surface area contributed by atoms with Crippen LogP contribution in [0.2, 0.25) is 0 Å². The molecule has 0 N–H and O–H groups in total. The van der Waals surface area contributed by atoms with Crippen LogP contribution in [0.15, 0.2) is 4.52 Å². The maximum atomic E-state index is 13.1. The predicted molar refractivity (Wildman–Crippen MR) is 96.1 cm³/mol. The van der Waals surface area contributed by atoms with Gasteiger partial charge in [-0.1, -0.05) is 19.0 Å². The van der Waals surface area contributed by atoms with Crippen molar-refractivity contribution in [1.29, 1.82) is 0 Å². The number of piperidine rings is 1. The van der Waals surface area contributed by atoms with Gasteiger partial charge in [0.2, 0.25) is 5.89 Å². The summed E-state index contributed by atoms with van der Waals surface area (Å²) in [7, 11) is 1.89. The first-order valence-electron chi connectivity index (χ1n) is 9.72. The Morgan fingerprint density at radius 1 is 1.19 bits per heavy atom. The molecule has 0 spiro atoms. The smallest absolute Gasteiger partial charge is 0.272 e. The van der Waals surface area contributed by atoms with E-state index in [9.17, 15) is 4.79 Å². The molecule has 1 saturated heterocycles. The van der Waals surface area contributed by atoms with Crippen molar-refractivity contribution in [3.63, 3.8) is 0 Å². The zero-order valence-corrected chi connectivity index (χ0v) is 15.9. The Kier molecular flexibility index (Phi) is 4.54. The van der Waals surface area contributed by atoms with Gasteiger partial charge in [-0.2, -0.15) is 10.1 Å². The number of carbonyl (C=O) groups is 1. The van der Waals surface area contributed by atoms with Gasteiger partial charge in [0.05, 0.1) is 5.69 Å². The van der Waals surface area contributed by atoms with Gasteiger partial charge in [-0.15, -0.1) is 0 Å². The lowest BCUT2D eigenvalue weighted by Crippen LogP contribution is -2.39. The van der Waals surface area contributed by atoms with Crippen LogP contribution in [0.5, 0.6) is 0 Å². The molecular weight excluding hydrogens is 330 g/mol. The lowest BCUT2D eigenvalue weighted by molar-refractivity contribution is 0.0692. The van der Waals surface area contributed by atoms with E-state index in [4.69, 9.17) is 4.52 Å². The molecule has 7 heteroatoms. The Labute approximate surface area is 153 Å². The molecule has 2 aromatic heterocycles. The molecule has 0 unspecified atom stereocenters. The van der Waals surface area contributed by atoms with E-state index in [1.54, 1.807) is 4.68 Å². The zero-order chi connectivity index (χ0) is 18.3. The van der Waals surface area contributed by atoms with E-state index < -0.39 is 0 Å². The van der Waals surface area contributed by atoms with Gasteiger partial charge in [0.15, 0.2) is 5.82 Å². The Hall–Kier alpha value is -2.18. The molecule has 2 aliphatic rings. The Morgan fingerprint density at radius 2 is 1.92 bits per heavy atom. The number of amides is 1. The van der Waals surface area contributed by atoms with E-state index in [2.05, 4.69) is 29.1 Å². The molecule has 140 valence electrons. The fraction of sp³-hybridized carbons (Fsp3) is 0.684. The van der Waals surface area contributed by atoms with Crippen LogP contribution in [-0.2, 0) is 19.9 Å².